The summed E-state index contributed by atoms with van der Waals surface area (Å²) < 4.78 is 4.97. The van der Waals surface area contributed by atoms with Crippen molar-refractivity contribution in [2.45, 2.75) is 6.42 Å². The molecule has 1 N–H and O–H groups in total. The Hall–Kier alpha value is -0.500. The van der Waals surface area contributed by atoms with E-state index < -0.39 is 0 Å². The molecule has 1 saturated heterocycles. The summed E-state index contributed by atoms with van der Waals surface area (Å²) >= 11 is 0. The maximum Gasteiger partial charge on any atom is 0.116 e. The van der Waals surface area contributed by atoms with E-state index in [9.17, 15) is 0 Å². The summed E-state index contributed by atoms with van der Waals surface area (Å²) in [4.78, 5) is 0. The van der Waals surface area contributed by atoms with Crippen molar-refractivity contribution in [3.63, 3.8) is 0 Å². The van der Waals surface area contributed by atoms with Crippen molar-refractivity contribution in [2.75, 3.05) is 13.3 Å². The Labute approximate surface area is 43.2 Å². The van der Waals surface area contributed by atoms with Gasteiger partial charge >= 0.3 is 0 Å². The molecule has 0 spiro atoms. The summed E-state index contributed by atoms with van der Waals surface area (Å²) in [5, 5.41) is 2.97. The predicted octanol–water partition coefficient (Wildman–Crippen LogP) is 0.467. The van der Waals surface area contributed by atoms with Crippen LogP contribution in [-0.2, 0) is 4.74 Å². The molecule has 1 rings (SSSR count). The highest BCUT2D eigenvalue weighted by atomic mass is 16.5. The first-order valence-corrected chi connectivity index (χ1v) is 2.39. The molecule has 0 unspecified atom stereocenters. The van der Waals surface area contributed by atoms with Crippen LogP contribution in [0.4, 0.5) is 0 Å². The number of hydrogen-bond donors (Lipinski definition) is 1. The molecule has 1 fully saturated rings. The topological polar surface area (TPSA) is 21.3 Å². The third kappa shape index (κ3) is 1.20. The molecule has 40 valence electrons. The maximum absolute atomic E-state index is 4.97. The average Bonchev–Trinajstić information content (AvgIpc) is 1.69. The van der Waals surface area contributed by atoms with E-state index in [4.69, 9.17) is 4.74 Å². The van der Waals surface area contributed by atoms with Crippen LogP contribution in [0, 0.1) is 0 Å². The van der Waals surface area contributed by atoms with Crippen LogP contribution in [0.3, 0.4) is 0 Å². The van der Waals surface area contributed by atoms with E-state index in [1.54, 1.807) is 0 Å². The first-order valence-electron chi connectivity index (χ1n) is 2.39. The summed E-state index contributed by atoms with van der Waals surface area (Å²) in [5.74, 6) is 0. The molecule has 7 heavy (non-hydrogen) atoms. The molecule has 1 aliphatic heterocycles. The fourth-order valence-electron chi connectivity index (χ4n) is 0.509. The predicted molar refractivity (Wildman–Crippen MR) is 27.7 cm³/mol. The van der Waals surface area contributed by atoms with Crippen molar-refractivity contribution in [3.05, 3.63) is 12.3 Å². The van der Waals surface area contributed by atoms with E-state index in [-0.39, 0.29) is 0 Å². The van der Waals surface area contributed by atoms with Crippen LogP contribution in [-0.4, -0.2) is 13.3 Å². The van der Waals surface area contributed by atoms with E-state index >= 15 is 0 Å². The van der Waals surface area contributed by atoms with Crippen LogP contribution in [0.1, 0.15) is 6.42 Å². The highest BCUT2D eigenvalue weighted by Crippen LogP contribution is 1.97. The summed E-state index contributed by atoms with van der Waals surface area (Å²) in [6.45, 7) is 5.19. The van der Waals surface area contributed by atoms with Gasteiger partial charge in [-0.2, -0.15) is 0 Å². The molecule has 0 aromatic rings. The van der Waals surface area contributed by atoms with Gasteiger partial charge < -0.3 is 10.1 Å². The molecule has 0 saturated carbocycles. The first kappa shape index (κ1) is 4.65. The fraction of sp³-hybridized carbons (Fsp3) is 0.600. The van der Waals surface area contributed by atoms with Gasteiger partial charge in [-0.15, -0.1) is 0 Å². The molecular formula is C5H9NO. The monoisotopic (exact) mass is 99.1 g/mol. The fourth-order valence-corrected chi connectivity index (χ4v) is 0.509. The molecule has 0 aromatic carbocycles. The minimum Gasteiger partial charge on any atom is -0.366 e. The van der Waals surface area contributed by atoms with Gasteiger partial charge in [0.15, 0.2) is 0 Å². The van der Waals surface area contributed by atoms with Gasteiger partial charge in [-0.1, -0.05) is 6.58 Å². The normalized spacial score (nSPS) is 21.4. The van der Waals surface area contributed by atoms with Gasteiger partial charge in [0.25, 0.3) is 0 Å². The van der Waals surface area contributed by atoms with Crippen molar-refractivity contribution in [1.82, 2.24) is 5.32 Å². The Morgan fingerprint density at radius 2 is 2.57 bits per heavy atom. The molecule has 0 radical (unpaired) electrons. The van der Waals surface area contributed by atoms with E-state index in [2.05, 4.69) is 11.9 Å². The van der Waals surface area contributed by atoms with Gasteiger partial charge in [-0.25, -0.2) is 0 Å². The van der Waals surface area contributed by atoms with Crippen molar-refractivity contribution in [3.8, 4) is 0 Å². The Balaban J connectivity index is 2.25. The molecule has 0 atom stereocenters. The van der Waals surface area contributed by atoms with Crippen LogP contribution >= 0.6 is 0 Å². The third-order valence-corrected chi connectivity index (χ3v) is 0.972. The number of rotatable bonds is 0. The van der Waals surface area contributed by atoms with E-state index in [0.29, 0.717) is 6.73 Å². The molecule has 0 amide bonds. The van der Waals surface area contributed by atoms with Gasteiger partial charge in [-0.05, 0) is 0 Å². The van der Waals surface area contributed by atoms with Gasteiger partial charge in [0, 0.05) is 12.1 Å². The molecular weight excluding hydrogens is 90.1 g/mol. The van der Waals surface area contributed by atoms with E-state index in [1.807, 2.05) is 0 Å². The summed E-state index contributed by atoms with van der Waals surface area (Å²) in [7, 11) is 0. The van der Waals surface area contributed by atoms with Crippen molar-refractivity contribution in [2.24, 2.45) is 0 Å². The van der Waals surface area contributed by atoms with Crippen LogP contribution in [0.15, 0.2) is 12.3 Å². The van der Waals surface area contributed by atoms with Crippen LogP contribution in [0.5, 0.6) is 0 Å². The number of nitrogens with one attached hydrogen (secondary N) is 1. The van der Waals surface area contributed by atoms with Crippen LogP contribution in [0.2, 0.25) is 0 Å². The van der Waals surface area contributed by atoms with Crippen molar-refractivity contribution < 1.29 is 4.74 Å². The van der Waals surface area contributed by atoms with Gasteiger partial charge in [0.1, 0.15) is 6.73 Å². The minimum absolute atomic E-state index is 0.638. The summed E-state index contributed by atoms with van der Waals surface area (Å²) in [6.07, 6.45) is 0.958. The lowest BCUT2D eigenvalue weighted by Crippen LogP contribution is -2.23. The molecule has 0 aliphatic carbocycles. The highest BCUT2D eigenvalue weighted by molar-refractivity contribution is 4.91. The highest BCUT2D eigenvalue weighted by Gasteiger charge is 1.98. The summed E-state index contributed by atoms with van der Waals surface area (Å²) in [6, 6.07) is 0. The minimum atomic E-state index is 0.638. The SMILES string of the molecule is C=C1CCOCN1. The molecule has 1 heterocycles. The van der Waals surface area contributed by atoms with Crippen LogP contribution in [0.25, 0.3) is 0 Å². The van der Waals surface area contributed by atoms with Crippen molar-refractivity contribution in [1.29, 1.82) is 0 Å². The third-order valence-electron chi connectivity index (χ3n) is 0.972. The molecule has 1 aliphatic rings. The maximum atomic E-state index is 4.97. The van der Waals surface area contributed by atoms with Gasteiger partial charge in [-0.3, -0.25) is 0 Å². The van der Waals surface area contributed by atoms with Gasteiger partial charge in [0.2, 0.25) is 0 Å². The molecule has 2 nitrogen and oxygen atoms in total. The average molecular weight is 99.1 g/mol. The van der Waals surface area contributed by atoms with E-state index in [1.165, 1.54) is 0 Å². The molecule has 2 heteroatoms. The second kappa shape index (κ2) is 1.98. The van der Waals surface area contributed by atoms with Crippen molar-refractivity contribution >= 4 is 0 Å². The molecule has 0 aromatic heterocycles. The molecule has 0 bridgehead atoms. The Morgan fingerprint density at radius 1 is 1.71 bits per heavy atom. The Kier molecular flexibility index (Phi) is 1.32. The standard InChI is InChI=1S/C5H9NO/c1-5-2-3-7-4-6-5/h6H,1-4H2. The Bertz CT molecular complexity index is 72.1. The quantitative estimate of drug-likeness (QED) is 0.476. The van der Waals surface area contributed by atoms with Crippen LogP contribution < -0.4 is 5.32 Å². The lowest BCUT2D eigenvalue weighted by Gasteiger charge is -2.14. The zero-order chi connectivity index (χ0) is 5.11. The zero-order valence-electron chi connectivity index (χ0n) is 4.24. The first-order chi connectivity index (χ1) is 3.39. The van der Waals surface area contributed by atoms with E-state index in [0.717, 1.165) is 18.7 Å². The summed E-state index contributed by atoms with van der Waals surface area (Å²) in [5.41, 5.74) is 1.09. The number of ether oxygens (including phenoxy) is 1. The lowest BCUT2D eigenvalue weighted by molar-refractivity contribution is 0.101. The smallest absolute Gasteiger partial charge is 0.116 e. The largest absolute Gasteiger partial charge is 0.366 e. The number of hydrogen-bond acceptors (Lipinski definition) is 2. The second-order valence-corrected chi connectivity index (χ2v) is 1.58. The second-order valence-electron chi connectivity index (χ2n) is 1.58. The Morgan fingerprint density at radius 3 is 2.86 bits per heavy atom. The van der Waals surface area contributed by atoms with Gasteiger partial charge in [0.05, 0.1) is 6.61 Å². The zero-order valence-corrected chi connectivity index (χ0v) is 4.24. The lowest BCUT2D eigenvalue weighted by atomic mass is 10.3.